The number of fused-ring (bicyclic) bond motifs is 1. The Morgan fingerprint density at radius 2 is 2.38 bits per heavy atom. The highest BCUT2D eigenvalue weighted by atomic mass is 32.1. The molecule has 2 aromatic heterocycles. The summed E-state index contributed by atoms with van der Waals surface area (Å²) in [6.45, 7) is 2.90. The van der Waals surface area contributed by atoms with Crippen molar-refractivity contribution in [1.82, 2.24) is 14.7 Å². The third-order valence-electron chi connectivity index (χ3n) is 4.16. The van der Waals surface area contributed by atoms with E-state index in [-0.39, 0.29) is 5.91 Å². The minimum Gasteiger partial charge on any atom is -0.337 e. The molecule has 4 nitrogen and oxygen atoms in total. The Balaban J connectivity index is 1.76. The molecule has 0 bridgehead atoms. The van der Waals surface area contributed by atoms with Gasteiger partial charge in [-0.3, -0.25) is 9.48 Å². The maximum absolute atomic E-state index is 12.7. The van der Waals surface area contributed by atoms with Crippen LogP contribution < -0.4 is 0 Å². The lowest BCUT2D eigenvalue weighted by Crippen LogP contribution is -2.27. The molecule has 2 aromatic rings. The SMILES string of the molecule is C[C@@H]1CCc2c(C(=O)N(C)Cc3cnn(C)c3)csc2C1. The highest BCUT2D eigenvalue weighted by molar-refractivity contribution is 7.10. The molecule has 0 spiro atoms. The van der Waals surface area contributed by atoms with Crippen molar-refractivity contribution in [1.29, 1.82) is 0 Å². The van der Waals surface area contributed by atoms with Gasteiger partial charge in [0, 0.05) is 42.7 Å². The predicted octanol–water partition coefficient (Wildman–Crippen LogP) is 2.88. The summed E-state index contributed by atoms with van der Waals surface area (Å²) in [5, 5.41) is 6.20. The van der Waals surface area contributed by atoms with E-state index in [9.17, 15) is 4.79 Å². The summed E-state index contributed by atoms with van der Waals surface area (Å²) in [6, 6.07) is 0. The fraction of sp³-hybridized carbons (Fsp3) is 0.500. The second-order valence-corrected chi connectivity index (χ2v) is 7.05. The third-order valence-corrected chi connectivity index (χ3v) is 5.21. The van der Waals surface area contributed by atoms with E-state index in [4.69, 9.17) is 0 Å². The molecule has 0 saturated heterocycles. The van der Waals surface area contributed by atoms with Crippen molar-refractivity contribution in [2.24, 2.45) is 13.0 Å². The number of aryl methyl sites for hydroxylation is 1. The highest BCUT2D eigenvalue weighted by Gasteiger charge is 2.24. The monoisotopic (exact) mass is 303 g/mol. The minimum absolute atomic E-state index is 0.130. The first-order valence-electron chi connectivity index (χ1n) is 7.37. The van der Waals surface area contributed by atoms with E-state index >= 15 is 0 Å². The normalized spacial score (nSPS) is 17.6. The first kappa shape index (κ1) is 14.3. The number of aromatic nitrogens is 2. The first-order chi connectivity index (χ1) is 10.0. The van der Waals surface area contributed by atoms with Gasteiger partial charge in [0.2, 0.25) is 0 Å². The average molecular weight is 303 g/mol. The summed E-state index contributed by atoms with van der Waals surface area (Å²) in [4.78, 5) is 15.9. The van der Waals surface area contributed by atoms with Crippen LogP contribution in [0.3, 0.4) is 0 Å². The Kier molecular flexibility index (Phi) is 3.85. The molecule has 1 atom stereocenters. The molecule has 0 saturated carbocycles. The van der Waals surface area contributed by atoms with Gasteiger partial charge < -0.3 is 4.90 Å². The fourth-order valence-corrected chi connectivity index (χ4v) is 4.20. The lowest BCUT2D eigenvalue weighted by Gasteiger charge is -2.21. The van der Waals surface area contributed by atoms with Gasteiger partial charge >= 0.3 is 0 Å². The van der Waals surface area contributed by atoms with Crippen LogP contribution in [-0.4, -0.2) is 27.6 Å². The van der Waals surface area contributed by atoms with Crippen molar-refractivity contribution in [2.75, 3.05) is 7.05 Å². The van der Waals surface area contributed by atoms with Gasteiger partial charge in [-0.1, -0.05) is 6.92 Å². The molecule has 0 N–H and O–H groups in total. The van der Waals surface area contributed by atoms with Crippen LogP contribution in [0.5, 0.6) is 0 Å². The third kappa shape index (κ3) is 2.88. The maximum atomic E-state index is 12.7. The summed E-state index contributed by atoms with van der Waals surface area (Å²) in [5.74, 6) is 0.873. The van der Waals surface area contributed by atoms with Gasteiger partial charge in [0.1, 0.15) is 0 Å². The lowest BCUT2D eigenvalue weighted by molar-refractivity contribution is 0.0784. The summed E-state index contributed by atoms with van der Waals surface area (Å²) in [6.07, 6.45) is 7.13. The number of thiophene rings is 1. The molecule has 0 unspecified atom stereocenters. The van der Waals surface area contributed by atoms with Gasteiger partial charge in [0.25, 0.3) is 5.91 Å². The second-order valence-electron chi connectivity index (χ2n) is 6.08. The summed E-state index contributed by atoms with van der Waals surface area (Å²) >= 11 is 1.75. The number of carbonyl (C=O) groups is 1. The average Bonchev–Trinajstić information content (AvgIpc) is 3.03. The van der Waals surface area contributed by atoms with Gasteiger partial charge in [-0.25, -0.2) is 0 Å². The lowest BCUT2D eigenvalue weighted by atomic mass is 9.88. The Hall–Kier alpha value is -1.62. The van der Waals surface area contributed by atoms with Crippen LogP contribution in [0.2, 0.25) is 0 Å². The van der Waals surface area contributed by atoms with E-state index in [0.717, 1.165) is 29.9 Å². The number of nitrogens with zero attached hydrogens (tertiary/aromatic N) is 3. The quantitative estimate of drug-likeness (QED) is 0.874. The largest absolute Gasteiger partial charge is 0.337 e. The van der Waals surface area contributed by atoms with Crippen molar-refractivity contribution in [3.8, 4) is 0 Å². The zero-order valence-electron chi connectivity index (χ0n) is 12.8. The van der Waals surface area contributed by atoms with Gasteiger partial charge in [-0.2, -0.15) is 5.10 Å². The van der Waals surface area contributed by atoms with E-state index in [2.05, 4.69) is 12.0 Å². The van der Waals surface area contributed by atoms with Gasteiger partial charge in [-0.15, -0.1) is 11.3 Å². The standard InChI is InChI=1S/C16H21N3OS/c1-11-4-5-13-14(10-21-15(13)6-11)16(20)18(2)8-12-7-17-19(3)9-12/h7,9-11H,4-6,8H2,1-3H3/t11-/m1/s1. The van der Waals surface area contributed by atoms with Crippen LogP contribution in [0.1, 0.15) is 39.7 Å². The Bertz CT molecular complexity index is 658. The van der Waals surface area contributed by atoms with Crippen molar-refractivity contribution in [3.63, 3.8) is 0 Å². The molecule has 21 heavy (non-hydrogen) atoms. The van der Waals surface area contributed by atoms with E-state index in [0.29, 0.717) is 6.54 Å². The number of rotatable bonds is 3. The van der Waals surface area contributed by atoms with E-state index in [1.165, 1.54) is 16.9 Å². The smallest absolute Gasteiger partial charge is 0.255 e. The topological polar surface area (TPSA) is 38.1 Å². The molecule has 112 valence electrons. The molecule has 0 aliphatic heterocycles. The van der Waals surface area contributed by atoms with Crippen molar-refractivity contribution in [3.05, 3.63) is 39.3 Å². The zero-order chi connectivity index (χ0) is 15.0. The molecule has 0 fully saturated rings. The van der Waals surface area contributed by atoms with Gasteiger partial charge in [0.05, 0.1) is 11.8 Å². The van der Waals surface area contributed by atoms with Crippen LogP contribution in [0, 0.1) is 5.92 Å². The summed E-state index contributed by atoms with van der Waals surface area (Å²) in [5.41, 5.74) is 3.26. The number of hydrogen-bond acceptors (Lipinski definition) is 3. The molecule has 1 amide bonds. The molecule has 0 aromatic carbocycles. The molecule has 1 aliphatic carbocycles. The highest BCUT2D eigenvalue weighted by Crippen LogP contribution is 2.33. The maximum Gasteiger partial charge on any atom is 0.255 e. The van der Waals surface area contributed by atoms with E-state index in [1.807, 2.05) is 31.9 Å². The fourth-order valence-electron chi connectivity index (χ4n) is 2.96. The van der Waals surface area contributed by atoms with Gasteiger partial charge in [-0.05, 0) is 30.7 Å². The summed E-state index contributed by atoms with van der Waals surface area (Å²) in [7, 11) is 3.76. The van der Waals surface area contributed by atoms with Crippen molar-refractivity contribution < 1.29 is 4.79 Å². The molecular weight excluding hydrogens is 282 g/mol. The predicted molar refractivity (Wildman–Crippen MR) is 84.5 cm³/mol. The van der Waals surface area contributed by atoms with E-state index < -0.39 is 0 Å². The molecular formula is C16H21N3OS. The second kappa shape index (κ2) is 5.64. The van der Waals surface area contributed by atoms with Crippen LogP contribution in [0.15, 0.2) is 17.8 Å². The summed E-state index contributed by atoms with van der Waals surface area (Å²) < 4.78 is 1.77. The van der Waals surface area contributed by atoms with E-state index in [1.54, 1.807) is 20.9 Å². The first-order valence-corrected chi connectivity index (χ1v) is 8.24. The molecule has 3 rings (SSSR count). The van der Waals surface area contributed by atoms with Crippen molar-refractivity contribution in [2.45, 2.75) is 32.7 Å². The van der Waals surface area contributed by atoms with Crippen LogP contribution in [0.25, 0.3) is 0 Å². The number of amides is 1. The van der Waals surface area contributed by atoms with Crippen LogP contribution >= 0.6 is 11.3 Å². The molecule has 1 aliphatic rings. The van der Waals surface area contributed by atoms with Crippen molar-refractivity contribution >= 4 is 17.2 Å². The molecule has 5 heteroatoms. The molecule has 0 radical (unpaired) electrons. The Labute approximate surface area is 129 Å². The number of carbonyl (C=O) groups excluding carboxylic acids is 1. The Morgan fingerprint density at radius 1 is 1.57 bits per heavy atom. The van der Waals surface area contributed by atoms with Gasteiger partial charge in [0.15, 0.2) is 0 Å². The van der Waals surface area contributed by atoms with Crippen LogP contribution in [-0.2, 0) is 26.4 Å². The van der Waals surface area contributed by atoms with Crippen LogP contribution in [0.4, 0.5) is 0 Å². The molecule has 2 heterocycles. The zero-order valence-corrected chi connectivity index (χ0v) is 13.6. The Morgan fingerprint density at radius 3 is 3.10 bits per heavy atom. The minimum atomic E-state index is 0.130. The number of hydrogen-bond donors (Lipinski definition) is 0.